The lowest BCUT2D eigenvalue weighted by Crippen LogP contribution is -2.37. The predicted molar refractivity (Wildman–Crippen MR) is 94.8 cm³/mol. The van der Waals surface area contributed by atoms with Crippen LogP contribution in [0.1, 0.15) is 72.1 Å². The number of aliphatic hydroxyl groups is 1. The van der Waals surface area contributed by atoms with Crippen LogP contribution in [-0.4, -0.2) is 60.5 Å². The molecule has 0 unspecified atom stereocenters. The van der Waals surface area contributed by atoms with E-state index in [0.29, 0.717) is 6.42 Å². The number of nitrogens with zero attached hydrogens (tertiary/aromatic N) is 1. The Kier molecular flexibility index (Phi) is 8.44. The van der Waals surface area contributed by atoms with Gasteiger partial charge in [0.25, 0.3) is 0 Å². The molecule has 5 heteroatoms. The third-order valence-corrected chi connectivity index (χ3v) is 4.80. The summed E-state index contributed by atoms with van der Waals surface area (Å²) in [6, 6.07) is 0. The lowest BCUT2D eigenvalue weighted by Gasteiger charge is -2.25. The van der Waals surface area contributed by atoms with E-state index in [-0.39, 0.29) is 18.5 Å². The minimum Gasteiger partial charge on any atom is -0.375 e. The first-order valence-corrected chi connectivity index (χ1v) is 9.87. The topological polar surface area (TPSA) is 51.2 Å². The summed E-state index contributed by atoms with van der Waals surface area (Å²) in [5, 5.41) is 9.88. The predicted octanol–water partition coefficient (Wildman–Crippen LogP) is 3.30. The van der Waals surface area contributed by atoms with Crippen molar-refractivity contribution < 1.29 is 19.3 Å². The maximum absolute atomic E-state index is 9.88. The molecule has 3 atom stereocenters. The van der Waals surface area contributed by atoms with Gasteiger partial charge in [0, 0.05) is 19.6 Å². The molecule has 0 radical (unpaired) electrons. The highest BCUT2D eigenvalue weighted by Crippen LogP contribution is 2.28. The largest absolute Gasteiger partial charge is 0.375 e. The lowest BCUT2D eigenvalue weighted by molar-refractivity contribution is -0.269. The van der Waals surface area contributed by atoms with Gasteiger partial charge in [-0.1, -0.05) is 32.6 Å². The standard InChI is InChI=1S/C19H37NO4/c1-4-5-6-7-10-13-22-16-14-18(24-19(2,3)21)23-17(16)15-20-11-8-9-12-20/h16-18,21H,4-15H2,1-3H3/t16-,17-,18-/m1/s1. The van der Waals surface area contributed by atoms with Crippen LogP contribution in [0.25, 0.3) is 0 Å². The quantitative estimate of drug-likeness (QED) is 0.461. The van der Waals surface area contributed by atoms with Crippen molar-refractivity contribution in [2.24, 2.45) is 0 Å². The molecule has 0 aromatic rings. The second kappa shape index (κ2) is 10.1. The molecule has 2 fully saturated rings. The Bertz CT molecular complexity index is 339. The van der Waals surface area contributed by atoms with E-state index in [4.69, 9.17) is 14.2 Å². The highest BCUT2D eigenvalue weighted by Gasteiger charge is 2.39. The van der Waals surface area contributed by atoms with Crippen molar-refractivity contribution in [3.8, 4) is 0 Å². The molecule has 2 aliphatic heterocycles. The van der Waals surface area contributed by atoms with Crippen molar-refractivity contribution in [1.29, 1.82) is 0 Å². The molecule has 0 aliphatic carbocycles. The van der Waals surface area contributed by atoms with Crippen LogP contribution in [0.5, 0.6) is 0 Å². The van der Waals surface area contributed by atoms with Crippen molar-refractivity contribution >= 4 is 0 Å². The van der Waals surface area contributed by atoms with Crippen LogP contribution in [0, 0.1) is 0 Å². The van der Waals surface area contributed by atoms with E-state index < -0.39 is 5.79 Å². The number of rotatable bonds is 11. The third kappa shape index (κ3) is 7.36. The number of likely N-dealkylation sites (tertiary alicyclic amines) is 1. The van der Waals surface area contributed by atoms with Crippen molar-refractivity contribution in [3.63, 3.8) is 0 Å². The van der Waals surface area contributed by atoms with Gasteiger partial charge in [-0.15, -0.1) is 0 Å². The number of unbranched alkanes of at least 4 members (excludes halogenated alkanes) is 4. The molecule has 0 aromatic heterocycles. The van der Waals surface area contributed by atoms with Crippen LogP contribution < -0.4 is 0 Å². The van der Waals surface area contributed by atoms with Gasteiger partial charge in [0.05, 0.1) is 12.2 Å². The Hall–Kier alpha value is -0.200. The van der Waals surface area contributed by atoms with Gasteiger partial charge in [0.2, 0.25) is 0 Å². The van der Waals surface area contributed by atoms with E-state index in [1.807, 2.05) is 0 Å². The van der Waals surface area contributed by atoms with E-state index in [9.17, 15) is 5.11 Å². The Balaban J connectivity index is 1.76. The molecule has 0 amide bonds. The molecule has 2 aliphatic rings. The van der Waals surface area contributed by atoms with Crippen molar-refractivity contribution in [2.75, 3.05) is 26.2 Å². The molecule has 0 bridgehead atoms. The fourth-order valence-corrected chi connectivity index (χ4v) is 3.57. The molecular formula is C19H37NO4. The fourth-order valence-electron chi connectivity index (χ4n) is 3.57. The first kappa shape index (κ1) is 20.1. The zero-order valence-electron chi connectivity index (χ0n) is 15.8. The number of hydrogen-bond donors (Lipinski definition) is 1. The molecule has 2 heterocycles. The summed E-state index contributed by atoms with van der Waals surface area (Å²) in [6.45, 7) is 9.54. The number of ether oxygens (including phenoxy) is 3. The zero-order chi connectivity index (χ0) is 17.4. The normalized spacial score (nSPS) is 28.8. The van der Waals surface area contributed by atoms with E-state index in [1.165, 1.54) is 38.5 Å². The Morgan fingerprint density at radius 3 is 2.50 bits per heavy atom. The third-order valence-electron chi connectivity index (χ3n) is 4.80. The first-order valence-electron chi connectivity index (χ1n) is 9.87. The molecule has 24 heavy (non-hydrogen) atoms. The molecule has 2 rings (SSSR count). The van der Waals surface area contributed by atoms with Gasteiger partial charge in [0.1, 0.15) is 0 Å². The summed E-state index contributed by atoms with van der Waals surface area (Å²) in [6.07, 6.45) is 9.24. The molecule has 5 nitrogen and oxygen atoms in total. The van der Waals surface area contributed by atoms with Crippen LogP contribution in [0.3, 0.4) is 0 Å². The Morgan fingerprint density at radius 1 is 1.12 bits per heavy atom. The smallest absolute Gasteiger partial charge is 0.164 e. The maximum Gasteiger partial charge on any atom is 0.164 e. The fraction of sp³-hybridized carbons (Fsp3) is 1.00. The summed E-state index contributed by atoms with van der Waals surface area (Å²) in [4.78, 5) is 2.45. The van der Waals surface area contributed by atoms with Crippen LogP contribution in [0.2, 0.25) is 0 Å². The SMILES string of the molecule is CCCCCCCO[C@@H]1C[C@@H](OC(C)(C)O)O[C@@H]1CN1CCCC1. The van der Waals surface area contributed by atoms with Crippen molar-refractivity contribution in [2.45, 2.75) is 96.4 Å². The minimum absolute atomic E-state index is 0.0473. The summed E-state index contributed by atoms with van der Waals surface area (Å²) < 4.78 is 17.8. The molecule has 142 valence electrons. The highest BCUT2D eigenvalue weighted by atomic mass is 16.7. The van der Waals surface area contributed by atoms with Gasteiger partial charge in [0.15, 0.2) is 12.1 Å². The van der Waals surface area contributed by atoms with Gasteiger partial charge in [-0.05, 0) is 46.2 Å². The van der Waals surface area contributed by atoms with Crippen LogP contribution >= 0.6 is 0 Å². The Labute approximate surface area is 147 Å². The molecule has 0 spiro atoms. The summed E-state index contributed by atoms with van der Waals surface area (Å²) >= 11 is 0. The van der Waals surface area contributed by atoms with Gasteiger partial charge in [-0.3, -0.25) is 0 Å². The van der Waals surface area contributed by atoms with Gasteiger partial charge in [-0.25, -0.2) is 0 Å². The van der Waals surface area contributed by atoms with Gasteiger partial charge < -0.3 is 24.2 Å². The lowest BCUT2D eigenvalue weighted by atomic mass is 10.1. The Morgan fingerprint density at radius 2 is 1.83 bits per heavy atom. The minimum atomic E-state index is -1.17. The number of hydrogen-bond acceptors (Lipinski definition) is 5. The summed E-state index contributed by atoms with van der Waals surface area (Å²) in [5.74, 6) is -1.17. The first-order chi connectivity index (χ1) is 11.5. The van der Waals surface area contributed by atoms with Crippen molar-refractivity contribution in [3.05, 3.63) is 0 Å². The molecule has 1 N–H and O–H groups in total. The van der Waals surface area contributed by atoms with E-state index in [1.54, 1.807) is 13.8 Å². The maximum atomic E-state index is 9.88. The summed E-state index contributed by atoms with van der Waals surface area (Å²) in [5.41, 5.74) is 0. The second-order valence-corrected chi connectivity index (χ2v) is 7.74. The van der Waals surface area contributed by atoms with Gasteiger partial charge in [-0.2, -0.15) is 0 Å². The molecule has 0 saturated carbocycles. The average molecular weight is 344 g/mol. The average Bonchev–Trinajstić information content (AvgIpc) is 3.12. The van der Waals surface area contributed by atoms with Gasteiger partial charge >= 0.3 is 0 Å². The van der Waals surface area contributed by atoms with Crippen LogP contribution in [0.15, 0.2) is 0 Å². The van der Waals surface area contributed by atoms with E-state index >= 15 is 0 Å². The van der Waals surface area contributed by atoms with E-state index in [0.717, 1.165) is 32.7 Å². The monoisotopic (exact) mass is 343 g/mol. The molecule has 0 aromatic carbocycles. The molecule has 2 saturated heterocycles. The van der Waals surface area contributed by atoms with E-state index in [2.05, 4.69) is 11.8 Å². The van der Waals surface area contributed by atoms with Crippen LogP contribution in [-0.2, 0) is 14.2 Å². The van der Waals surface area contributed by atoms with Crippen molar-refractivity contribution in [1.82, 2.24) is 4.90 Å². The zero-order valence-corrected chi connectivity index (χ0v) is 15.8. The molecular weight excluding hydrogens is 306 g/mol. The van der Waals surface area contributed by atoms with Crippen LogP contribution in [0.4, 0.5) is 0 Å². The highest BCUT2D eigenvalue weighted by molar-refractivity contribution is 4.84. The second-order valence-electron chi connectivity index (χ2n) is 7.74. The summed E-state index contributed by atoms with van der Waals surface area (Å²) in [7, 11) is 0.